The molecule has 2 rings (SSSR count). The van der Waals surface area contributed by atoms with Gasteiger partial charge in [0.25, 0.3) is 0 Å². The number of hydrogen-bond donors (Lipinski definition) is 1. The molecule has 0 unspecified atom stereocenters. The monoisotopic (exact) mass is 288 g/mol. The molecule has 1 aromatic carbocycles. The highest BCUT2D eigenvalue weighted by Crippen LogP contribution is 2.20. The molecule has 1 heterocycles. The maximum absolute atomic E-state index is 5.71. The Morgan fingerprint density at radius 1 is 1.14 bits per heavy atom. The van der Waals surface area contributed by atoms with Crippen molar-refractivity contribution in [3.05, 3.63) is 30.5 Å². The van der Waals surface area contributed by atoms with E-state index in [0.717, 1.165) is 30.0 Å². The van der Waals surface area contributed by atoms with Crippen LogP contribution in [-0.2, 0) is 11.3 Å². The summed E-state index contributed by atoms with van der Waals surface area (Å²) in [7, 11) is 0. The first-order chi connectivity index (χ1) is 9.96. The van der Waals surface area contributed by atoms with Gasteiger partial charge in [-0.2, -0.15) is 0 Å². The smallest absolute Gasteiger partial charge is 0.0886 e. The van der Waals surface area contributed by atoms with Crippen LogP contribution in [0, 0.1) is 5.41 Å². The summed E-state index contributed by atoms with van der Waals surface area (Å²) in [5.74, 6) is 0. The summed E-state index contributed by atoms with van der Waals surface area (Å²) >= 11 is 0. The number of nitrogen functional groups attached to an aromatic ring is 1. The molecule has 0 fully saturated rings. The van der Waals surface area contributed by atoms with Gasteiger partial charge in [0.05, 0.1) is 25.0 Å². The summed E-state index contributed by atoms with van der Waals surface area (Å²) in [5.41, 5.74) is 8.81. The van der Waals surface area contributed by atoms with E-state index in [1.165, 1.54) is 0 Å². The number of benzene rings is 1. The standard InChI is InChI=1S/C16H24N4O/c1-16(2,3)8-10-21-11-9-20-15(12-18-19-20)13-4-6-14(17)7-5-13/h4-7,12H,8-11,17H2,1-3H3. The molecule has 0 aliphatic carbocycles. The first-order valence-electron chi connectivity index (χ1n) is 7.28. The number of nitrogens with zero attached hydrogens (tertiary/aromatic N) is 3. The molecular formula is C16H24N4O. The van der Waals surface area contributed by atoms with Gasteiger partial charge in [-0.05, 0) is 24.0 Å². The molecule has 0 saturated carbocycles. The first kappa shape index (κ1) is 15.5. The summed E-state index contributed by atoms with van der Waals surface area (Å²) < 4.78 is 7.55. The summed E-state index contributed by atoms with van der Waals surface area (Å²) in [5, 5.41) is 8.10. The molecule has 0 aliphatic heterocycles. The van der Waals surface area contributed by atoms with Crippen molar-refractivity contribution in [2.45, 2.75) is 33.7 Å². The Bertz CT molecular complexity index is 554. The maximum atomic E-state index is 5.71. The van der Waals surface area contributed by atoms with E-state index in [9.17, 15) is 0 Å². The van der Waals surface area contributed by atoms with E-state index in [4.69, 9.17) is 10.5 Å². The lowest BCUT2D eigenvalue weighted by Crippen LogP contribution is -2.13. The molecule has 5 nitrogen and oxygen atoms in total. The predicted molar refractivity (Wildman–Crippen MR) is 84.8 cm³/mol. The third-order valence-electron chi connectivity index (χ3n) is 3.27. The zero-order valence-electron chi connectivity index (χ0n) is 13.0. The Morgan fingerprint density at radius 3 is 2.52 bits per heavy atom. The van der Waals surface area contributed by atoms with Crippen LogP contribution in [0.25, 0.3) is 11.3 Å². The molecule has 0 aliphatic rings. The summed E-state index contributed by atoms with van der Waals surface area (Å²) in [6, 6.07) is 7.72. The van der Waals surface area contributed by atoms with Gasteiger partial charge < -0.3 is 10.5 Å². The lowest BCUT2D eigenvalue weighted by atomic mass is 9.93. The van der Waals surface area contributed by atoms with Gasteiger partial charge in [0.1, 0.15) is 0 Å². The Hall–Kier alpha value is -1.88. The van der Waals surface area contributed by atoms with E-state index < -0.39 is 0 Å². The van der Waals surface area contributed by atoms with Crippen LogP contribution in [0.5, 0.6) is 0 Å². The van der Waals surface area contributed by atoms with Gasteiger partial charge in [-0.15, -0.1) is 5.10 Å². The highest BCUT2D eigenvalue weighted by molar-refractivity contribution is 5.61. The Labute approximate surface area is 126 Å². The quantitative estimate of drug-likeness (QED) is 0.655. The van der Waals surface area contributed by atoms with Crippen LogP contribution in [0.1, 0.15) is 27.2 Å². The van der Waals surface area contributed by atoms with Crippen molar-refractivity contribution < 1.29 is 4.74 Å². The second kappa shape index (κ2) is 6.72. The van der Waals surface area contributed by atoms with Gasteiger partial charge in [-0.1, -0.05) is 38.1 Å². The molecule has 0 radical (unpaired) electrons. The molecule has 0 bridgehead atoms. The van der Waals surface area contributed by atoms with Crippen LogP contribution in [0.3, 0.4) is 0 Å². The lowest BCUT2D eigenvalue weighted by molar-refractivity contribution is 0.0999. The normalized spacial score (nSPS) is 11.8. The minimum atomic E-state index is 0.308. The summed E-state index contributed by atoms with van der Waals surface area (Å²) in [6.45, 7) is 8.76. The minimum Gasteiger partial charge on any atom is -0.399 e. The van der Waals surface area contributed by atoms with Crippen molar-refractivity contribution in [3.8, 4) is 11.3 Å². The largest absolute Gasteiger partial charge is 0.399 e. The fourth-order valence-electron chi connectivity index (χ4n) is 1.93. The first-order valence-corrected chi connectivity index (χ1v) is 7.28. The molecule has 21 heavy (non-hydrogen) atoms. The van der Waals surface area contributed by atoms with Gasteiger partial charge in [-0.25, -0.2) is 4.68 Å². The Kier molecular flexibility index (Phi) is 4.96. The van der Waals surface area contributed by atoms with Crippen molar-refractivity contribution in [1.29, 1.82) is 0 Å². The molecule has 2 N–H and O–H groups in total. The number of anilines is 1. The predicted octanol–water partition coefficient (Wildman–Crippen LogP) is 2.98. The second-order valence-corrected chi connectivity index (χ2v) is 6.39. The zero-order chi connectivity index (χ0) is 15.3. The van der Waals surface area contributed by atoms with Crippen molar-refractivity contribution in [3.63, 3.8) is 0 Å². The third-order valence-corrected chi connectivity index (χ3v) is 3.27. The van der Waals surface area contributed by atoms with Gasteiger partial charge in [0, 0.05) is 17.9 Å². The highest BCUT2D eigenvalue weighted by Gasteiger charge is 2.10. The average molecular weight is 288 g/mol. The van der Waals surface area contributed by atoms with E-state index in [2.05, 4.69) is 31.1 Å². The number of ether oxygens (including phenoxy) is 1. The fourth-order valence-corrected chi connectivity index (χ4v) is 1.93. The van der Waals surface area contributed by atoms with Crippen LogP contribution in [-0.4, -0.2) is 28.2 Å². The second-order valence-electron chi connectivity index (χ2n) is 6.39. The van der Waals surface area contributed by atoms with Gasteiger partial charge >= 0.3 is 0 Å². The van der Waals surface area contributed by atoms with E-state index in [0.29, 0.717) is 18.6 Å². The number of hydrogen-bond acceptors (Lipinski definition) is 4. The topological polar surface area (TPSA) is 66.0 Å². The summed E-state index contributed by atoms with van der Waals surface area (Å²) in [6.07, 6.45) is 2.82. The molecule has 0 saturated heterocycles. The van der Waals surface area contributed by atoms with Crippen LogP contribution < -0.4 is 5.73 Å². The molecule has 1 aromatic heterocycles. The molecule has 5 heteroatoms. The van der Waals surface area contributed by atoms with Gasteiger partial charge in [-0.3, -0.25) is 0 Å². The fraction of sp³-hybridized carbons (Fsp3) is 0.500. The number of rotatable bonds is 6. The number of nitrogens with two attached hydrogens (primary N) is 1. The maximum Gasteiger partial charge on any atom is 0.0886 e. The van der Waals surface area contributed by atoms with Crippen molar-refractivity contribution in [1.82, 2.24) is 15.0 Å². The molecule has 114 valence electrons. The van der Waals surface area contributed by atoms with Crippen molar-refractivity contribution in [2.24, 2.45) is 5.41 Å². The van der Waals surface area contributed by atoms with E-state index in [1.807, 2.05) is 28.9 Å². The van der Waals surface area contributed by atoms with Crippen LogP contribution in [0.2, 0.25) is 0 Å². The number of aromatic nitrogens is 3. The van der Waals surface area contributed by atoms with Crippen LogP contribution >= 0.6 is 0 Å². The van der Waals surface area contributed by atoms with Crippen molar-refractivity contribution >= 4 is 5.69 Å². The van der Waals surface area contributed by atoms with Gasteiger partial charge in [0.2, 0.25) is 0 Å². The van der Waals surface area contributed by atoms with Crippen LogP contribution in [0.15, 0.2) is 30.5 Å². The minimum absolute atomic E-state index is 0.308. The molecular weight excluding hydrogens is 264 g/mol. The van der Waals surface area contributed by atoms with Crippen molar-refractivity contribution in [2.75, 3.05) is 18.9 Å². The average Bonchev–Trinajstić information content (AvgIpc) is 2.86. The van der Waals surface area contributed by atoms with E-state index in [1.54, 1.807) is 6.20 Å². The molecule has 0 spiro atoms. The van der Waals surface area contributed by atoms with E-state index in [-0.39, 0.29) is 0 Å². The third kappa shape index (κ3) is 4.86. The molecule has 0 amide bonds. The summed E-state index contributed by atoms with van der Waals surface area (Å²) in [4.78, 5) is 0. The van der Waals surface area contributed by atoms with Gasteiger partial charge in [0.15, 0.2) is 0 Å². The zero-order valence-corrected chi connectivity index (χ0v) is 13.0. The lowest BCUT2D eigenvalue weighted by Gasteiger charge is -2.17. The SMILES string of the molecule is CC(C)(C)CCOCCn1nncc1-c1ccc(N)cc1. The van der Waals surface area contributed by atoms with Crippen LogP contribution in [0.4, 0.5) is 5.69 Å². The molecule has 2 aromatic rings. The highest BCUT2D eigenvalue weighted by atomic mass is 16.5. The molecule has 0 atom stereocenters. The van der Waals surface area contributed by atoms with E-state index >= 15 is 0 Å². The Balaban J connectivity index is 1.88. The Morgan fingerprint density at radius 2 is 1.86 bits per heavy atom.